The molecule has 2 aromatic rings. The first-order valence-electron chi connectivity index (χ1n) is 5.74. The zero-order chi connectivity index (χ0) is 15.8. The average Bonchev–Trinajstić information content (AvgIpc) is 2.37. The van der Waals surface area contributed by atoms with Crippen LogP contribution in [0.15, 0.2) is 39.7 Å². The molecule has 0 bridgehead atoms. The van der Waals surface area contributed by atoms with Crippen LogP contribution in [-0.2, 0) is 10.0 Å². The summed E-state index contributed by atoms with van der Waals surface area (Å²) in [6.45, 7) is 1.80. The van der Waals surface area contributed by atoms with Crippen molar-refractivity contribution in [1.29, 1.82) is 0 Å². The highest BCUT2D eigenvalue weighted by Gasteiger charge is 2.19. The molecule has 0 aliphatic heterocycles. The van der Waals surface area contributed by atoms with E-state index in [1.165, 1.54) is 0 Å². The maximum Gasteiger partial charge on any atom is 0.262 e. The van der Waals surface area contributed by atoms with Crippen molar-refractivity contribution in [2.24, 2.45) is 0 Å². The molecule has 4 nitrogen and oxygen atoms in total. The third-order valence-corrected chi connectivity index (χ3v) is 4.68. The SMILES string of the molecule is Cc1cc(N)c(NS(=O)(=O)c2ccc(F)c(F)c2)c(Br)c1. The molecule has 21 heavy (non-hydrogen) atoms. The van der Waals surface area contributed by atoms with Gasteiger partial charge in [-0.1, -0.05) is 0 Å². The van der Waals surface area contributed by atoms with Crippen LogP contribution in [0, 0.1) is 18.6 Å². The van der Waals surface area contributed by atoms with Crippen molar-refractivity contribution in [2.45, 2.75) is 11.8 Å². The molecule has 8 heteroatoms. The van der Waals surface area contributed by atoms with Gasteiger partial charge in [-0.05, 0) is 58.7 Å². The normalized spacial score (nSPS) is 11.4. The summed E-state index contributed by atoms with van der Waals surface area (Å²) in [5.74, 6) is -2.36. The number of anilines is 2. The molecule has 112 valence electrons. The predicted molar refractivity (Wildman–Crippen MR) is 80.5 cm³/mol. The van der Waals surface area contributed by atoms with Crippen molar-refractivity contribution < 1.29 is 17.2 Å². The summed E-state index contributed by atoms with van der Waals surface area (Å²) in [5, 5.41) is 0. The maximum atomic E-state index is 13.2. The second-order valence-electron chi connectivity index (χ2n) is 4.39. The fraction of sp³-hybridized carbons (Fsp3) is 0.0769. The van der Waals surface area contributed by atoms with E-state index in [-0.39, 0.29) is 11.4 Å². The van der Waals surface area contributed by atoms with Crippen LogP contribution in [0.4, 0.5) is 20.2 Å². The molecule has 0 fully saturated rings. The monoisotopic (exact) mass is 376 g/mol. The number of nitrogens with two attached hydrogens (primary N) is 1. The first kappa shape index (κ1) is 15.7. The summed E-state index contributed by atoms with van der Waals surface area (Å²) in [6, 6.07) is 5.60. The van der Waals surface area contributed by atoms with Gasteiger partial charge >= 0.3 is 0 Å². The van der Waals surface area contributed by atoms with E-state index in [1.807, 2.05) is 0 Å². The van der Waals surface area contributed by atoms with Gasteiger partial charge in [-0.25, -0.2) is 17.2 Å². The zero-order valence-electron chi connectivity index (χ0n) is 10.8. The van der Waals surface area contributed by atoms with E-state index in [1.54, 1.807) is 19.1 Å². The van der Waals surface area contributed by atoms with Crippen molar-refractivity contribution in [3.63, 3.8) is 0 Å². The Kier molecular flexibility index (Phi) is 4.20. The molecule has 0 heterocycles. The lowest BCUT2D eigenvalue weighted by atomic mass is 10.2. The summed E-state index contributed by atoms with van der Waals surface area (Å²) in [5.41, 5.74) is 6.97. The van der Waals surface area contributed by atoms with Gasteiger partial charge in [0.1, 0.15) is 0 Å². The van der Waals surface area contributed by atoms with Crippen LogP contribution in [0.2, 0.25) is 0 Å². The Morgan fingerprint density at radius 1 is 1.14 bits per heavy atom. The molecule has 0 aliphatic carbocycles. The Balaban J connectivity index is 2.44. The highest BCUT2D eigenvalue weighted by Crippen LogP contribution is 2.32. The Bertz CT molecular complexity index is 787. The maximum absolute atomic E-state index is 13.2. The van der Waals surface area contributed by atoms with Gasteiger partial charge in [0.25, 0.3) is 10.0 Å². The molecular weight excluding hydrogens is 366 g/mol. The first-order valence-corrected chi connectivity index (χ1v) is 8.02. The van der Waals surface area contributed by atoms with Gasteiger partial charge in [-0.3, -0.25) is 4.72 Å². The van der Waals surface area contributed by atoms with Crippen molar-refractivity contribution >= 4 is 37.3 Å². The lowest BCUT2D eigenvalue weighted by Crippen LogP contribution is -2.15. The van der Waals surface area contributed by atoms with E-state index in [2.05, 4.69) is 20.7 Å². The molecule has 0 radical (unpaired) electrons. The zero-order valence-corrected chi connectivity index (χ0v) is 13.2. The summed E-state index contributed by atoms with van der Waals surface area (Å²) in [6.07, 6.45) is 0. The fourth-order valence-corrected chi connectivity index (χ4v) is 3.65. The van der Waals surface area contributed by atoms with E-state index in [0.29, 0.717) is 10.5 Å². The number of nitrogen functional groups attached to an aromatic ring is 1. The van der Waals surface area contributed by atoms with E-state index in [9.17, 15) is 17.2 Å². The Hall–Kier alpha value is -1.67. The van der Waals surface area contributed by atoms with E-state index < -0.39 is 26.6 Å². The van der Waals surface area contributed by atoms with E-state index in [0.717, 1.165) is 17.7 Å². The molecular formula is C13H11BrF2N2O2S. The minimum Gasteiger partial charge on any atom is -0.397 e. The molecule has 3 N–H and O–H groups in total. The summed E-state index contributed by atoms with van der Waals surface area (Å²) < 4.78 is 53.1. The first-order chi connectivity index (χ1) is 9.70. The molecule has 2 rings (SSSR count). The lowest BCUT2D eigenvalue weighted by Gasteiger charge is -2.13. The molecule has 0 saturated heterocycles. The molecule has 0 amide bonds. The number of aryl methyl sites for hydroxylation is 1. The van der Waals surface area contributed by atoms with Crippen molar-refractivity contribution in [2.75, 3.05) is 10.5 Å². The quantitative estimate of drug-likeness (QED) is 0.806. The third-order valence-electron chi connectivity index (χ3n) is 2.70. The molecule has 0 aromatic heterocycles. The molecule has 0 saturated carbocycles. The second-order valence-corrected chi connectivity index (χ2v) is 6.93. The second kappa shape index (κ2) is 5.61. The van der Waals surface area contributed by atoms with Crippen LogP contribution in [-0.4, -0.2) is 8.42 Å². The average molecular weight is 377 g/mol. The van der Waals surface area contributed by atoms with Crippen molar-refractivity contribution in [3.8, 4) is 0 Å². The molecule has 0 unspecified atom stereocenters. The van der Waals surface area contributed by atoms with Crippen LogP contribution in [0.5, 0.6) is 0 Å². The van der Waals surface area contributed by atoms with Gasteiger partial charge in [0.2, 0.25) is 0 Å². The number of nitrogens with one attached hydrogen (secondary N) is 1. The fourth-order valence-electron chi connectivity index (χ4n) is 1.71. The third kappa shape index (κ3) is 3.33. The van der Waals surface area contributed by atoms with Gasteiger partial charge in [0, 0.05) is 4.47 Å². The number of hydrogen-bond donors (Lipinski definition) is 2. The molecule has 0 aliphatic rings. The smallest absolute Gasteiger partial charge is 0.262 e. The van der Waals surface area contributed by atoms with Gasteiger partial charge < -0.3 is 5.73 Å². The van der Waals surface area contributed by atoms with Crippen LogP contribution >= 0.6 is 15.9 Å². The number of halogens is 3. The van der Waals surface area contributed by atoms with Gasteiger partial charge in [-0.15, -0.1) is 0 Å². The minimum atomic E-state index is -4.08. The van der Waals surface area contributed by atoms with E-state index >= 15 is 0 Å². The van der Waals surface area contributed by atoms with Crippen LogP contribution in [0.3, 0.4) is 0 Å². The van der Waals surface area contributed by atoms with Gasteiger partial charge in [-0.2, -0.15) is 0 Å². The Labute approximate surface area is 129 Å². The topological polar surface area (TPSA) is 72.2 Å². The van der Waals surface area contributed by atoms with Gasteiger partial charge in [0.15, 0.2) is 11.6 Å². The molecule has 2 aromatic carbocycles. The van der Waals surface area contributed by atoms with Gasteiger partial charge in [0.05, 0.1) is 16.3 Å². The molecule has 0 atom stereocenters. The number of hydrogen-bond acceptors (Lipinski definition) is 3. The van der Waals surface area contributed by atoms with Crippen LogP contribution in [0.1, 0.15) is 5.56 Å². The van der Waals surface area contributed by atoms with E-state index in [4.69, 9.17) is 5.73 Å². The summed E-state index contributed by atoms with van der Waals surface area (Å²) in [7, 11) is -4.08. The van der Waals surface area contributed by atoms with Crippen LogP contribution in [0.25, 0.3) is 0 Å². The molecule has 0 spiro atoms. The predicted octanol–water partition coefficient (Wildman–Crippen LogP) is 3.42. The highest BCUT2D eigenvalue weighted by atomic mass is 79.9. The summed E-state index contributed by atoms with van der Waals surface area (Å²) in [4.78, 5) is -0.395. The number of rotatable bonds is 3. The Morgan fingerprint density at radius 2 is 1.81 bits per heavy atom. The van der Waals surface area contributed by atoms with Crippen molar-refractivity contribution in [3.05, 3.63) is 52.0 Å². The number of sulfonamides is 1. The van der Waals surface area contributed by atoms with Crippen LogP contribution < -0.4 is 10.5 Å². The lowest BCUT2D eigenvalue weighted by molar-refractivity contribution is 0.504. The standard InChI is InChI=1S/C13H11BrF2N2O2S/c1-7-4-9(14)13(12(17)5-7)18-21(19,20)8-2-3-10(15)11(16)6-8/h2-6,18H,17H2,1H3. The highest BCUT2D eigenvalue weighted by molar-refractivity contribution is 9.10. The summed E-state index contributed by atoms with van der Waals surface area (Å²) >= 11 is 3.21. The van der Waals surface area contributed by atoms with Crippen molar-refractivity contribution in [1.82, 2.24) is 0 Å². The largest absolute Gasteiger partial charge is 0.397 e. The Morgan fingerprint density at radius 3 is 2.38 bits per heavy atom. The number of benzene rings is 2. The minimum absolute atomic E-state index is 0.144.